The van der Waals surface area contributed by atoms with E-state index < -0.39 is 0 Å². The molecule has 0 saturated carbocycles. The van der Waals surface area contributed by atoms with Gasteiger partial charge in [-0.2, -0.15) is 0 Å². The average Bonchev–Trinajstić information content (AvgIpc) is 2.20. The molecule has 0 fully saturated rings. The predicted octanol–water partition coefficient (Wildman–Crippen LogP) is 2.40. The van der Waals surface area contributed by atoms with E-state index in [4.69, 9.17) is 4.52 Å². The van der Waals surface area contributed by atoms with E-state index in [0.717, 1.165) is 16.5 Å². The highest BCUT2D eigenvalue weighted by atomic mass is 32.2. The summed E-state index contributed by atoms with van der Waals surface area (Å²) in [6, 6.07) is 0. The van der Waals surface area contributed by atoms with Crippen LogP contribution in [0, 0.1) is 13.8 Å². The summed E-state index contributed by atoms with van der Waals surface area (Å²) >= 11 is 1.69. The van der Waals surface area contributed by atoms with E-state index in [0.29, 0.717) is 0 Å². The molecule has 0 bridgehead atoms. The summed E-state index contributed by atoms with van der Waals surface area (Å²) in [5.74, 6) is 1.04. The van der Waals surface area contributed by atoms with Crippen LogP contribution in [0.1, 0.15) is 18.2 Å². The van der Waals surface area contributed by atoms with Crippen LogP contribution in [0.2, 0.25) is 0 Å². The fourth-order valence-corrected chi connectivity index (χ4v) is 1.38. The lowest BCUT2D eigenvalue weighted by atomic mass is 10.3. The molecule has 0 radical (unpaired) electrons. The van der Waals surface area contributed by atoms with Gasteiger partial charge in [0.25, 0.3) is 0 Å². The van der Waals surface area contributed by atoms with Crippen LogP contribution in [0.4, 0.5) is 0 Å². The van der Waals surface area contributed by atoms with Gasteiger partial charge >= 0.3 is 0 Å². The van der Waals surface area contributed by atoms with Gasteiger partial charge in [-0.1, -0.05) is 23.8 Å². The number of hydrogen-bond acceptors (Lipinski definition) is 3. The molecule has 0 amide bonds. The molecule has 3 heteroatoms. The molecule has 1 aromatic rings. The highest BCUT2D eigenvalue weighted by Gasteiger charge is 2.06. The first-order valence-electron chi connectivity index (χ1n) is 3.31. The number of thioether (sulfide) groups is 1. The molecule has 1 aromatic heterocycles. The summed E-state index contributed by atoms with van der Waals surface area (Å²) < 4.78 is 5.05. The SMILES string of the molecule is CCSc1onc(C)c1C. The van der Waals surface area contributed by atoms with Gasteiger partial charge in [0.1, 0.15) is 0 Å². The Morgan fingerprint density at radius 2 is 2.20 bits per heavy atom. The van der Waals surface area contributed by atoms with E-state index in [1.165, 1.54) is 5.56 Å². The third kappa shape index (κ3) is 1.34. The Kier molecular flexibility index (Phi) is 2.38. The number of aryl methyl sites for hydroxylation is 1. The van der Waals surface area contributed by atoms with Gasteiger partial charge in [-0.25, -0.2) is 0 Å². The van der Waals surface area contributed by atoms with Crippen molar-refractivity contribution in [1.29, 1.82) is 0 Å². The molecule has 0 atom stereocenters. The lowest BCUT2D eigenvalue weighted by molar-refractivity contribution is 0.345. The molecule has 0 N–H and O–H groups in total. The second kappa shape index (κ2) is 3.10. The highest BCUT2D eigenvalue weighted by Crippen LogP contribution is 2.23. The summed E-state index contributed by atoms with van der Waals surface area (Å²) in [7, 11) is 0. The summed E-state index contributed by atoms with van der Waals surface area (Å²) in [4.78, 5) is 0. The fourth-order valence-electron chi connectivity index (χ4n) is 0.660. The monoisotopic (exact) mass is 157 g/mol. The van der Waals surface area contributed by atoms with E-state index in [9.17, 15) is 0 Å². The zero-order chi connectivity index (χ0) is 7.56. The van der Waals surface area contributed by atoms with Gasteiger partial charge in [-0.05, 0) is 19.6 Å². The molecule has 0 aliphatic heterocycles. The van der Waals surface area contributed by atoms with E-state index in [1.54, 1.807) is 11.8 Å². The van der Waals surface area contributed by atoms with Crippen molar-refractivity contribution in [2.24, 2.45) is 0 Å². The molecule has 0 unspecified atom stereocenters. The quantitative estimate of drug-likeness (QED) is 0.616. The van der Waals surface area contributed by atoms with E-state index in [2.05, 4.69) is 12.1 Å². The standard InChI is InChI=1S/C7H11NOS/c1-4-10-7-5(2)6(3)8-9-7/h4H2,1-3H3. The Labute approximate surface area is 65.0 Å². The van der Waals surface area contributed by atoms with Crippen molar-refractivity contribution in [2.75, 3.05) is 5.75 Å². The van der Waals surface area contributed by atoms with Gasteiger partial charge in [0.15, 0.2) is 5.09 Å². The van der Waals surface area contributed by atoms with Crippen molar-refractivity contribution in [3.63, 3.8) is 0 Å². The number of aromatic nitrogens is 1. The third-order valence-electron chi connectivity index (χ3n) is 1.39. The Balaban J connectivity index is 2.83. The minimum absolute atomic E-state index is 0.958. The van der Waals surface area contributed by atoms with Crippen molar-refractivity contribution in [2.45, 2.75) is 25.9 Å². The minimum atomic E-state index is 0.958. The Morgan fingerprint density at radius 3 is 2.60 bits per heavy atom. The molecule has 0 aromatic carbocycles. The number of nitrogens with zero attached hydrogens (tertiary/aromatic N) is 1. The summed E-state index contributed by atoms with van der Waals surface area (Å²) in [5.41, 5.74) is 2.17. The molecule has 0 saturated heterocycles. The Hall–Kier alpha value is -0.440. The average molecular weight is 157 g/mol. The van der Waals surface area contributed by atoms with Crippen molar-refractivity contribution < 1.29 is 4.52 Å². The number of hydrogen-bond donors (Lipinski definition) is 0. The Morgan fingerprint density at radius 1 is 1.50 bits per heavy atom. The summed E-state index contributed by atoms with van der Waals surface area (Å²) in [5, 5.41) is 4.80. The van der Waals surface area contributed by atoms with E-state index in [-0.39, 0.29) is 0 Å². The largest absolute Gasteiger partial charge is 0.349 e. The van der Waals surface area contributed by atoms with Crippen LogP contribution in [0.3, 0.4) is 0 Å². The summed E-state index contributed by atoms with van der Waals surface area (Å²) in [6.45, 7) is 6.09. The molecule has 1 rings (SSSR count). The first-order chi connectivity index (χ1) is 4.75. The van der Waals surface area contributed by atoms with Crippen LogP contribution < -0.4 is 0 Å². The van der Waals surface area contributed by atoms with Crippen LogP contribution in [-0.4, -0.2) is 10.9 Å². The molecule has 1 heterocycles. The third-order valence-corrected chi connectivity index (χ3v) is 2.32. The van der Waals surface area contributed by atoms with Gasteiger partial charge in [0, 0.05) is 5.56 Å². The smallest absolute Gasteiger partial charge is 0.196 e. The maximum atomic E-state index is 5.05. The van der Waals surface area contributed by atoms with Crippen LogP contribution >= 0.6 is 11.8 Å². The molecule has 10 heavy (non-hydrogen) atoms. The van der Waals surface area contributed by atoms with Crippen molar-refractivity contribution in [1.82, 2.24) is 5.16 Å². The molecule has 0 aliphatic carbocycles. The van der Waals surface area contributed by atoms with Crippen molar-refractivity contribution in [3.8, 4) is 0 Å². The second-order valence-electron chi connectivity index (χ2n) is 2.11. The zero-order valence-corrected chi connectivity index (χ0v) is 7.29. The van der Waals surface area contributed by atoms with E-state index >= 15 is 0 Å². The Bertz CT molecular complexity index is 219. The highest BCUT2D eigenvalue weighted by molar-refractivity contribution is 7.99. The molecular formula is C7H11NOS. The van der Waals surface area contributed by atoms with Gasteiger partial charge in [-0.15, -0.1) is 0 Å². The zero-order valence-electron chi connectivity index (χ0n) is 6.47. The van der Waals surface area contributed by atoms with Crippen molar-refractivity contribution in [3.05, 3.63) is 11.3 Å². The first kappa shape index (κ1) is 7.66. The fraction of sp³-hybridized carbons (Fsp3) is 0.571. The van der Waals surface area contributed by atoms with Crippen LogP contribution in [0.25, 0.3) is 0 Å². The number of rotatable bonds is 2. The van der Waals surface area contributed by atoms with Gasteiger partial charge in [0.05, 0.1) is 5.69 Å². The lowest BCUT2D eigenvalue weighted by Crippen LogP contribution is -1.74. The van der Waals surface area contributed by atoms with Gasteiger partial charge < -0.3 is 4.52 Å². The van der Waals surface area contributed by atoms with Gasteiger partial charge in [0.2, 0.25) is 0 Å². The van der Waals surface area contributed by atoms with Gasteiger partial charge in [-0.3, -0.25) is 0 Å². The summed E-state index contributed by atoms with van der Waals surface area (Å²) in [6.07, 6.45) is 0. The van der Waals surface area contributed by atoms with Crippen LogP contribution in [0.15, 0.2) is 9.62 Å². The van der Waals surface area contributed by atoms with E-state index in [1.807, 2.05) is 13.8 Å². The molecular weight excluding hydrogens is 146 g/mol. The molecule has 0 aliphatic rings. The minimum Gasteiger partial charge on any atom is -0.349 e. The lowest BCUT2D eigenvalue weighted by Gasteiger charge is -1.89. The van der Waals surface area contributed by atoms with Crippen LogP contribution in [0.5, 0.6) is 0 Å². The molecule has 0 spiro atoms. The van der Waals surface area contributed by atoms with Crippen molar-refractivity contribution >= 4 is 11.8 Å². The molecule has 2 nitrogen and oxygen atoms in total. The maximum absolute atomic E-state index is 5.05. The first-order valence-corrected chi connectivity index (χ1v) is 4.30. The van der Waals surface area contributed by atoms with Crippen LogP contribution in [-0.2, 0) is 0 Å². The second-order valence-corrected chi connectivity index (χ2v) is 3.35. The molecule has 56 valence electrons. The predicted molar refractivity (Wildman–Crippen MR) is 42.4 cm³/mol. The topological polar surface area (TPSA) is 26.0 Å². The normalized spacial score (nSPS) is 10.3. The maximum Gasteiger partial charge on any atom is 0.196 e.